The molecule has 2 aliphatic rings. The molecule has 1 heterocycles. The second-order valence-electron chi connectivity index (χ2n) is 6.26. The number of halogens is 2. The molecule has 1 aliphatic heterocycles. The van der Waals surface area contributed by atoms with Crippen molar-refractivity contribution in [2.45, 2.75) is 29.6 Å². The molecule has 0 bridgehead atoms. The number of carbonyl (C=O) groups excluding carboxylic acids is 1. The fraction of sp³-hybridized carbons (Fsp3) is 0.250. The largest absolute Gasteiger partial charge is 0.429 e. The molecule has 1 aliphatic carbocycles. The number of hydrogen-bond acceptors (Lipinski definition) is 3. The number of esters is 1. The Morgan fingerprint density at radius 2 is 1.48 bits per heavy atom. The number of alkyl halides is 2. The first-order valence-corrected chi connectivity index (χ1v) is 9.06. The maximum atomic E-state index is 12.5. The Labute approximate surface area is 156 Å². The number of benzene rings is 2. The molecule has 0 fully saturated rings. The third kappa shape index (κ3) is 2.82. The molecule has 1 unspecified atom stereocenters. The van der Waals surface area contributed by atoms with Crippen molar-refractivity contribution in [2.75, 3.05) is 4.90 Å². The van der Waals surface area contributed by atoms with Gasteiger partial charge in [-0.3, -0.25) is 0 Å². The second kappa shape index (κ2) is 6.40. The van der Waals surface area contributed by atoms with Crippen molar-refractivity contribution in [3.05, 3.63) is 72.0 Å². The molecule has 5 heteroatoms. The summed E-state index contributed by atoms with van der Waals surface area (Å²) in [6, 6.07) is 19.2. The van der Waals surface area contributed by atoms with Crippen LogP contribution >= 0.6 is 23.2 Å². The average Bonchev–Trinajstić information content (AvgIpc) is 3.08. The van der Waals surface area contributed by atoms with Crippen molar-refractivity contribution in [3.8, 4) is 0 Å². The summed E-state index contributed by atoms with van der Waals surface area (Å²) < 4.78 is 3.76. The van der Waals surface area contributed by atoms with E-state index in [4.69, 9.17) is 27.9 Å². The summed E-state index contributed by atoms with van der Waals surface area (Å²) in [6.45, 7) is 0. The minimum Gasteiger partial charge on any atom is -0.429 e. The molecule has 0 N–H and O–H groups in total. The van der Waals surface area contributed by atoms with Crippen LogP contribution in [0.25, 0.3) is 0 Å². The lowest BCUT2D eigenvalue weighted by Crippen LogP contribution is -2.53. The van der Waals surface area contributed by atoms with E-state index in [1.165, 1.54) is 0 Å². The summed E-state index contributed by atoms with van der Waals surface area (Å²) in [5, 5.41) is 0. The molecule has 0 saturated heterocycles. The molecule has 25 heavy (non-hydrogen) atoms. The van der Waals surface area contributed by atoms with Gasteiger partial charge in [0.2, 0.25) is 4.33 Å². The highest BCUT2D eigenvalue weighted by Crippen LogP contribution is 2.48. The lowest BCUT2D eigenvalue weighted by Gasteiger charge is -2.42. The van der Waals surface area contributed by atoms with E-state index < -0.39 is 16.3 Å². The van der Waals surface area contributed by atoms with E-state index in [0.717, 1.165) is 42.0 Å². The molecule has 1 atom stereocenters. The van der Waals surface area contributed by atoms with Gasteiger partial charge in [0.15, 0.2) is 0 Å². The summed E-state index contributed by atoms with van der Waals surface area (Å²) in [5.41, 5.74) is 2.87. The molecular formula is C20H17Cl2NO2. The van der Waals surface area contributed by atoms with Crippen LogP contribution in [0.15, 0.2) is 72.0 Å². The highest BCUT2D eigenvalue weighted by Gasteiger charge is 2.54. The predicted octanol–water partition coefficient (Wildman–Crippen LogP) is 5.36. The topological polar surface area (TPSA) is 29.5 Å². The van der Waals surface area contributed by atoms with Gasteiger partial charge >= 0.3 is 5.97 Å². The van der Waals surface area contributed by atoms with Crippen molar-refractivity contribution in [1.29, 1.82) is 0 Å². The SMILES string of the molecule is O=C1OC2=C(CCC2)C(N(c2ccccc2)c2ccccc2)C1(Cl)Cl. The fourth-order valence-corrected chi connectivity index (χ4v) is 4.13. The summed E-state index contributed by atoms with van der Waals surface area (Å²) in [6.07, 6.45) is 2.51. The maximum absolute atomic E-state index is 12.5. The molecule has 0 aromatic heterocycles. The van der Waals surface area contributed by atoms with Crippen LogP contribution in [-0.2, 0) is 9.53 Å². The number of ether oxygens (including phenoxy) is 1. The number of carbonyl (C=O) groups is 1. The zero-order valence-corrected chi connectivity index (χ0v) is 15.0. The van der Waals surface area contributed by atoms with Gasteiger partial charge < -0.3 is 9.64 Å². The Bertz CT molecular complexity index is 779. The van der Waals surface area contributed by atoms with E-state index in [-0.39, 0.29) is 0 Å². The van der Waals surface area contributed by atoms with Gasteiger partial charge in [-0.1, -0.05) is 59.6 Å². The van der Waals surface area contributed by atoms with Gasteiger partial charge in [-0.05, 0) is 42.7 Å². The Kier molecular flexibility index (Phi) is 4.22. The number of allylic oxidation sites excluding steroid dienone is 1. The minimum absolute atomic E-state index is 0.501. The minimum atomic E-state index is -1.67. The normalized spacial score (nSPS) is 21.7. The zero-order chi connectivity index (χ0) is 17.4. The fourth-order valence-electron chi connectivity index (χ4n) is 3.60. The van der Waals surface area contributed by atoms with Crippen molar-refractivity contribution >= 4 is 40.5 Å². The highest BCUT2D eigenvalue weighted by molar-refractivity contribution is 6.58. The van der Waals surface area contributed by atoms with Crippen LogP contribution in [0.5, 0.6) is 0 Å². The van der Waals surface area contributed by atoms with E-state index in [2.05, 4.69) is 0 Å². The van der Waals surface area contributed by atoms with Crippen LogP contribution in [0.4, 0.5) is 11.4 Å². The first-order valence-electron chi connectivity index (χ1n) is 8.30. The van der Waals surface area contributed by atoms with Gasteiger partial charge in [-0.15, -0.1) is 0 Å². The maximum Gasteiger partial charge on any atom is 0.350 e. The first kappa shape index (κ1) is 16.5. The summed E-state index contributed by atoms with van der Waals surface area (Å²) >= 11 is 13.1. The number of nitrogens with zero attached hydrogens (tertiary/aromatic N) is 1. The van der Waals surface area contributed by atoms with Crippen LogP contribution in [0.3, 0.4) is 0 Å². The number of anilines is 2. The predicted molar refractivity (Wildman–Crippen MR) is 100 cm³/mol. The van der Waals surface area contributed by atoms with Crippen molar-refractivity contribution in [3.63, 3.8) is 0 Å². The Balaban J connectivity index is 1.91. The zero-order valence-electron chi connectivity index (χ0n) is 13.5. The van der Waals surface area contributed by atoms with Crippen molar-refractivity contribution in [2.24, 2.45) is 0 Å². The highest BCUT2D eigenvalue weighted by atomic mass is 35.5. The van der Waals surface area contributed by atoms with Crippen LogP contribution in [-0.4, -0.2) is 16.3 Å². The second-order valence-corrected chi connectivity index (χ2v) is 7.64. The van der Waals surface area contributed by atoms with Crippen molar-refractivity contribution < 1.29 is 9.53 Å². The van der Waals surface area contributed by atoms with Crippen LogP contribution in [0.1, 0.15) is 19.3 Å². The number of para-hydroxylation sites is 2. The Morgan fingerprint density at radius 3 is 2.04 bits per heavy atom. The van der Waals surface area contributed by atoms with E-state index in [0.29, 0.717) is 0 Å². The standard InChI is InChI=1S/C20H17Cl2NO2/c21-20(22)18(16-12-7-13-17(16)25-19(20)24)23(14-8-3-1-4-9-14)15-10-5-2-6-11-15/h1-6,8-11,18H,7,12-13H2. The first-order chi connectivity index (χ1) is 12.1. The molecule has 3 nitrogen and oxygen atoms in total. The van der Waals surface area contributed by atoms with Gasteiger partial charge in [-0.2, -0.15) is 0 Å². The van der Waals surface area contributed by atoms with Gasteiger partial charge in [-0.25, -0.2) is 4.79 Å². The molecule has 0 radical (unpaired) electrons. The Hall–Kier alpha value is -1.97. The molecule has 128 valence electrons. The van der Waals surface area contributed by atoms with E-state index >= 15 is 0 Å². The molecule has 2 aromatic carbocycles. The van der Waals surface area contributed by atoms with E-state index in [9.17, 15) is 4.79 Å². The molecule has 4 rings (SSSR count). The summed E-state index contributed by atoms with van der Waals surface area (Å²) in [7, 11) is 0. The van der Waals surface area contributed by atoms with Gasteiger partial charge in [0.25, 0.3) is 0 Å². The monoisotopic (exact) mass is 373 g/mol. The lowest BCUT2D eigenvalue weighted by molar-refractivity contribution is -0.141. The molecule has 0 saturated carbocycles. The average molecular weight is 374 g/mol. The third-order valence-electron chi connectivity index (χ3n) is 4.70. The molecular weight excluding hydrogens is 357 g/mol. The van der Waals surface area contributed by atoms with E-state index in [1.807, 2.05) is 65.6 Å². The summed E-state index contributed by atoms with van der Waals surface area (Å²) in [4.78, 5) is 14.5. The van der Waals surface area contributed by atoms with Crippen LogP contribution in [0, 0.1) is 0 Å². The number of rotatable bonds is 3. The smallest absolute Gasteiger partial charge is 0.350 e. The molecule has 0 amide bonds. The summed E-state index contributed by atoms with van der Waals surface area (Å²) in [5.74, 6) is 0.127. The van der Waals surface area contributed by atoms with E-state index in [1.54, 1.807) is 0 Å². The van der Waals surface area contributed by atoms with Gasteiger partial charge in [0, 0.05) is 17.8 Å². The number of hydrogen-bond donors (Lipinski definition) is 0. The lowest BCUT2D eigenvalue weighted by atomic mass is 9.96. The Morgan fingerprint density at radius 1 is 0.920 bits per heavy atom. The van der Waals surface area contributed by atoms with Crippen LogP contribution in [0.2, 0.25) is 0 Å². The third-order valence-corrected chi connectivity index (χ3v) is 5.42. The van der Waals surface area contributed by atoms with Gasteiger partial charge in [0.1, 0.15) is 11.8 Å². The van der Waals surface area contributed by atoms with Crippen LogP contribution < -0.4 is 4.90 Å². The quantitative estimate of drug-likeness (QED) is 0.535. The molecule has 2 aromatic rings. The molecule has 0 spiro atoms. The van der Waals surface area contributed by atoms with Crippen molar-refractivity contribution in [1.82, 2.24) is 0 Å². The van der Waals surface area contributed by atoms with Gasteiger partial charge in [0.05, 0.1) is 0 Å².